The van der Waals surface area contributed by atoms with Crippen LogP contribution in [0.2, 0.25) is 0 Å². The molecule has 1 aromatic heterocycles. The average molecular weight is 232 g/mol. The zero-order chi connectivity index (χ0) is 12.6. The Hall–Kier alpha value is -1.35. The molecule has 0 amide bonds. The van der Waals surface area contributed by atoms with Crippen LogP contribution in [0.15, 0.2) is 16.5 Å². The standard InChI is InChI=1S/C14H20N2O/c1-5-14(4,8-15)13-16-11-7-9(2)6-10(3)12(11)17-13/h6-7H,5,8,15H2,1-4H3. The molecule has 1 unspecified atom stereocenters. The lowest BCUT2D eigenvalue weighted by Crippen LogP contribution is -2.31. The van der Waals surface area contributed by atoms with E-state index in [4.69, 9.17) is 10.2 Å². The predicted octanol–water partition coefficient (Wildman–Crippen LogP) is 3.07. The fourth-order valence-corrected chi connectivity index (χ4v) is 2.02. The minimum atomic E-state index is -0.167. The highest BCUT2D eigenvalue weighted by atomic mass is 16.3. The molecule has 1 atom stereocenters. The molecule has 0 saturated carbocycles. The highest BCUT2D eigenvalue weighted by molar-refractivity contribution is 5.77. The summed E-state index contributed by atoms with van der Waals surface area (Å²) >= 11 is 0. The fraction of sp³-hybridized carbons (Fsp3) is 0.500. The van der Waals surface area contributed by atoms with Gasteiger partial charge in [0.15, 0.2) is 5.58 Å². The van der Waals surface area contributed by atoms with E-state index in [0.717, 1.165) is 29.0 Å². The van der Waals surface area contributed by atoms with E-state index in [-0.39, 0.29) is 5.41 Å². The van der Waals surface area contributed by atoms with Crippen molar-refractivity contribution in [2.75, 3.05) is 6.54 Å². The SMILES string of the molecule is CCC(C)(CN)c1nc2cc(C)cc(C)c2o1. The summed E-state index contributed by atoms with van der Waals surface area (Å²) in [5.74, 6) is 0.756. The molecule has 2 rings (SSSR count). The second kappa shape index (κ2) is 4.15. The molecule has 3 nitrogen and oxygen atoms in total. The van der Waals surface area contributed by atoms with Crippen LogP contribution in [0.25, 0.3) is 11.1 Å². The van der Waals surface area contributed by atoms with Crippen LogP contribution in [0.4, 0.5) is 0 Å². The van der Waals surface area contributed by atoms with Crippen molar-refractivity contribution >= 4 is 11.1 Å². The number of nitrogens with two attached hydrogens (primary N) is 1. The van der Waals surface area contributed by atoms with Gasteiger partial charge in [0.1, 0.15) is 5.52 Å². The van der Waals surface area contributed by atoms with E-state index in [2.05, 4.69) is 44.8 Å². The number of benzene rings is 1. The fourth-order valence-electron chi connectivity index (χ4n) is 2.02. The minimum Gasteiger partial charge on any atom is -0.440 e. The molecule has 0 radical (unpaired) electrons. The number of rotatable bonds is 3. The Kier molecular flexibility index (Phi) is 2.96. The maximum atomic E-state index is 5.91. The number of hydrogen-bond acceptors (Lipinski definition) is 3. The quantitative estimate of drug-likeness (QED) is 0.884. The Morgan fingerprint density at radius 3 is 2.65 bits per heavy atom. The first kappa shape index (κ1) is 12.1. The molecule has 0 aliphatic rings. The monoisotopic (exact) mass is 232 g/mol. The lowest BCUT2D eigenvalue weighted by Gasteiger charge is -2.21. The van der Waals surface area contributed by atoms with Gasteiger partial charge in [-0.3, -0.25) is 0 Å². The smallest absolute Gasteiger partial charge is 0.202 e. The summed E-state index contributed by atoms with van der Waals surface area (Å²) in [6, 6.07) is 4.17. The van der Waals surface area contributed by atoms with Crippen LogP contribution in [0.1, 0.15) is 37.3 Å². The molecule has 3 heteroatoms. The zero-order valence-corrected chi connectivity index (χ0v) is 11.0. The van der Waals surface area contributed by atoms with Crippen LogP contribution < -0.4 is 5.73 Å². The number of nitrogens with zero attached hydrogens (tertiary/aromatic N) is 1. The largest absolute Gasteiger partial charge is 0.440 e. The first-order valence-corrected chi connectivity index (χ1v) is 6.08. The minimum absolute atomic E-state index is 0.167. The van der Waals surface area contributed by atoms with Crippen LogP contribution in [0.5, 0.6) is 0 Å². The van der Waals surface area contributed by atoms with Gasteiger partial charge in [-0.05, 0) is 44.4 Å². The first-order chi connectivity index (χ1) is 8.00. The van der Waals surface area contributed by atoms with Crippen molar-refractivity contribution in [3.63, 3.8) is 0 Å². The Balaban J connectivity index is 2.62. The van der Waals surface area contributed by atoms with Crippen molar-refractivity contribution in [3.05, 3.63) is 29.2 Å². The molecule has 1 heterocycles. The van der Waals surface area contributed by atoms with Gasteiger partial charge in [0.25, 0.3) is 0 Å². The van der Waals surface area contributed by atoms with Crippen LogP contribution in [0, 0.1) is 13.8 Å². The molecule has 0 saturated heterocycles. The predicted molar refractivity (Wildman–Crippen MR) is 70.2 cm³/mol. The third kappa shape index (κ3) is 1.95. The summed E-state index contributed by atoms with van der Waals surface area (Å²) < 4.78 is 5.91. The summed E-state index contributed by atoms with van der Waals surface area (Å²) in [6.45, 7) is 8.88. The Morgan fingerprint density at radius 1 is 1.35 bits per heavy atom. The van der Waals surface area contributed by atoms with Crippen molar-refractivity contribution in [2.24, 2.45) is 5.73 Å². The Morgan fingerprint density at radius 2 is 2.06 bits per heavy atom. The number of fused-ring (bicyclic) bond motifs is 1. The van der Waals surface area contributed by atoms with E-state index in [1.807, 2.05) is 0 Å². The number of hydrogen-bond donors (Lipinski definition) is 1. The van der Waals surface area contributed by atoms with E-state index < -0.39 is 0 Å². The van der Waals surface area contributed by atoms with E-state index in [0.29, 0.717) is 6.54 Å². The maximum absolute atomic E-state index is 5.91. The molecule has 2 N–H and O–H groups in total. The molecule has 2 aromatic rings. The molecule has 92 valence electrons. The van der Waals surface area contributed by atoms with Crippen LogP contribution >= 0.6 is 0 Å². The topological polar surface area (TPSA) is 52.0 Å². The van der Waals surface area contributed by atoms with Crippen molar-refractivity contribution in [1.29, 1.82) is 0 Å². The van der Waals surface area contributed by atoms with Gasteiger partial charge < -0.3 is 10.2 Å². The van der Waals surface area contributed by atoms with Gasteiger partial charge in [-0.1, -0.05) is 13.0 Å². The van der Waals surface area contributed by atoms with Gasteiger partial charge >= 0.3 is 0 Å². The summed E-state index contributed by atoms with van der Waals surface area (Å²) in [5.41, 5.74) is 9.84. The van der Waals surface area contributed by atoms with Gasteiger partial charge in [-0.2, -0.15) is 0 Å². The second-order valence-corrected chi connectivity index (χ2v) is 5.07. The van der Waals surface area contributed by atoms with E-state index >= 15 is 0 Å². The van der Waals surface area contributed by atoms with Gasteiger partial charge in [0.05, 0.1) is 5.41 Å². The Bertz CT molecular complexity index is 538. The summed E-state index contributed by atoms with van der Waals surface area (Å²) in [7, 11) is 0. The van der Waals surface area contributed by atoms with Gasteiger partial charge in [-0.15, -0.1) is 0 Å². The highest BCUT2D eigenvalue weighted by Crippen LogP contribution is 2.30. The molecule has 1 aromatic carbocycles. The number of oxazole rings is 1. The third-order valence-corrected chi connectivity index (χ3v) is 3.57. The van der Waals surface area contributed by atoms with Crippen LogP contribution in [0.3, 0.4) is 0 Å². The molecule has 0 spiro atoms. The van der Waals surface area contributed by atoms with E-state index in [9.17, 15) is 0 Å². The van der Waals surface area contributed by atoms with Crippen molar-refractivity contribution in [2.45, 2.75) is 39.5 Å². The molecule has 17 heavy (non-hydrogen) atoms. The van der Waals surface area contributed by atoms with Gasteiger partial charge in [-0.25, -0.2) is 4.98 Å². The summed E-state index contributed by atoms with van der Waals surface area (Å²) in [5, 5.41) is 0. The lowest BCUT2D eigenvalue weighted by molar-refractivity contribution is 0.353. The summed E-state index contributed by atoms with van der Waals surface area (Å²) in [4.78, 5) is 4.60. The molecular weight excluding hydrogens is 212 g/mol. The van der Waals surface area contributed by atoms with Gasteiger partial charge in [0, 0.05) is 6.54 Å². The number of aryl methyl sites for hydroxylation is 2. The lowest BCUT2D eigenvalue weighted by atomic mass is 9.88. The van der Waals surface area contributed by atoms with Crippen molar-refractivity contribution in [1.82, 2.24) is 4.98 Å². The molecule has 0 fully saturated rings. The third-order valence-electron chi connectivity index (χ3n) is 3.57. The van der Waals surface area contributed by atoms with E-state index in [1.54, 1.807) is 0 Å². The number of aromatic nitrogens is 1. The zero-order valence-electron chi connectivity index (χ0n) is 11.0. The molecule has 0 aliphatic carbocycles. The summed E-state index contributed by atoms with van der Waals surface area (Å²) in [6.07, 6.45) is 0.925. The first-order valence-electron chi connectivity index (χ1n) is 6.08. The van der Waals surface area contributed by atoms with E-state index in [1.165, 1.54) is 5.56 Å². The Labute approximate surface area is 102 Å². The van der Waals surface area contributed by atoms with Crippen molar-refractivity contribution in [3.8, 4) is 0 Å². The second-order valence-electron chi connectivity index (χ2n) is 5.07. The molecule has 0 aliphatic heterocycles. The van der Waals surface area contributed by atoms with Gasteiger partial charge in [0.2, 0.25) is 5.89 Å². The van der Waals surface area contributed by atoms with Crippen molar-refractivity contribution < 1.29 is 4.42 Å². The molecular formula is C14H20N2O. The molecule has 0 bridgehead atoms. The van der Waals surface area contributed by atoms with Crippen LogP contribution in [-0.2, 0) is 5.41 Å². The normalized spacial score (nSPS) is 15.1. The average Bonchev–Trinajstić information content (AvgIpc) is 2.72. The maximum Gasteiger partial charge on any atom is 0.202 e. The highest BCUT2D eigenvalue weighted by Gasteiger charge is 2.29. The van der Waals surface area contributed by atoms with Crippen LogP contribution in [-0.4, -0.2) is 11.5 Å².